The van der Waals surface area contributed by atoms with E-state index in [-0.39, 0.29) is 11.3 Å². The number of fused-ring (bicyclic) bond motifs is 1. The van der Waals surface area contributed by atoms with Gasteiger partial charge in [0.15, 0.2) is 0 Å². The van der Waals surface area contributed by atoms with Gasteiger partial charge < -0.3 is 5.32 Å². The van der Waals surface area contributed by atoms with Gasteiger partial charge in [0.2, 0.25) is 5.91 Å². The molecule has 1 aromatic carbocycles. The lowest BCUT2D eigenvalue weighted by Crippen LogP contribution is -2.31. The van der Waals surface area contributed by atoms with Gasteiger partial charge in [0.1, 0.15) is 0 Å². The van der Waals surface area contributed by atoms with Crippen LogP contribution in [0.4, 0.5) is 18.9 Å². The SMILES string of the molecule is Cc1ccc2c(c1)NC(=O)CC2C(F)(F)F. The van der Waals surface area contributed by atoms with Crippen LogP contribution in [0.3, 0.4) is 0 Å². The molecule has 0 spiro atoms. The highest BCUT2D eigenvalue weighted by Gasteiger charge is 2.44. The fourth-order valence-corrected chi connectivity index (χ4v) is 1.87. The molecule has 0 aromatic heterocycles. The fraction of sp³-hybridized carbons (Fsp3) is 0.364. The molecule has 0 saturated heterocycles. The zero-order valence-electron chi connectivity index (χ0n) is 8.56. The average Bonchev–Trinajstić information content (AvgIpc) is 2.14. The highest BCUT2D eigenvalue weighted by Crippen LogP contribution is 2.43. The Kier molecular flexibility index (Phi) is 2.40. The van der Waals surface area contributed by atoms with E-state index in [1.165, 1.54) is 6.07 Å². The summed E-state index contributed by atoms with van der Waals surface area (Å²) in [7, 11) is 0. The second-order valence-electron chi connectivity index (χ2n) is 3.94. The predicted molar refractivity (Wildman–Crippen MR) is 53.2 cm³/mol. The van der Waals surface area contributed by atoms with Gasteiger partial charge in [-0.2, -0.15) is 13.2 Å². The highest BCUT2D eigenvalue weighted by atomic mass is 19.4. The fourth-order valence-electron chi connectivity index (χ4n) is 1.87. The number of carbonyl (C=O) groups excluding carboxylic acids is 1. The van der Waals surface area contributed by atoms with E-state index in [0.717, 1.165) is 5.56 Å². The van der Waals surface area contributed by atoms with Crippen molar-refractivity contribution < 1.29 is 18.0 Å². The minimum atomic E-state index is -4.37. The smallest absolute Gasteiger partial charge is 0.326 e. The zero-order valence-corrected chi connectivity index (χ0v) is 8.56. The summed E-state index contributed by atoms with van der Waals surface area (Å²) < 4.78 is 38.1. The van der Waals surface area contributed by atoms with Crippen LogP contribution in [0.2, 0.25) is 0 Å². The summed E-state index contributed by atoms with van der Waals surface area (Å²) >= 11 is 0. The van der Waals surface area contributed by atoms with Crippen LogP contribution in [0.25, 0.3) is 0 Å². The average molecular weight is 229 g/mol. The van der Waals surface area contributed by atoms with Crippen molar-refractivity contribution in [2.24, 2.45) is 0 Å². The normalized spacial score (nSPS) is 20.2. The molecule has 1 amide bonds. The van der Waals surface area contributed by atoms with E-state index in [1.807, 2.05) is 0 Å². The number of nitrogens with one attached hydrogen (secondary N) is 1. The molecule has 0 radical (unpaired) electrons. The Bertz CT molecular complexity index is 439. The molecule has 0 bridgehead atoms. The molecule has 0 fully saturated rings. The van der Waals surface area contributed by atoms with Gasteiger partial charge in [0.05, 0.1) is 5.92 Å². The molecule has 0 saturated carbocycles. The number of benzene rings is 1. The van der Waals surface area contributed by atoms with Gasteiger partial charge in [-0.05, 0) is 24.1 Å². The Balaban J connectivity index is 2.50. The number of halogens is 3. The van der Waals surface area contributed by atoms with E-state index in [4.69, 9.17) is 0 Å². The van der Waals surface area contributed by atoms with E-state index in [9.17, 15) is 18.0 Å². The van der Waals surface area contributed by atoms with Crippen molar-refractivity contribution in [1.82, 2.24) is 0 Å². The Labute approximate surface area is 90.5 Å². The minimum Gasteiger partial charge on any atom is -0.326 e. The van der Waals surface area contributed by atoms with Gasteiger partial charge in [-0.3, -0.25) is 4.79 Å². The lowest BCUT2D eigenvalue weighted by atomic mass is 9.89. The van der Waals surface area contributed by atoms with Gasteiger partial charge in [-0.15, -0.1) is 0 Å². The maximum absolute atomic E-state index is 12.7. The van der Waals surface area contributed by atoms with Gasteiger partial charge in [-0.25, -0.2) is 0 Å². The first-order valence-corrected chi connectivity index (χ1v) is 4.85. The molecule has 5 heteroatoms. The number of aryl methyl sites for hydroxylation is 1. The molecule has 2 nitrogen and oxygen atoms in total. The number of alkyl halides is 3. The number of carbonyl (C=O) groups is 1. The van der Waals surface area contributed by atoms with Gasteiger partial charge in [0, 0.05) is 12.1 Å². The standard InChI is InChI=1S/C11H10F3NO/c1-6-2-3-7-8(11(12,13)14)5-10(16)15-9(7)4-6/h2-4,8H,5H2,1H3,(H,15,16). The van der Waals surface area contributed by atoms with Gasteiger partial charge in [-0.1, -0.05) is 12.1 Å². The third kappa shape index (κ3) is 1.89. The third-order valence-electron chi connectivity index (χ3n) is 2.64. The molecule has 1 aliphatic heterocycles. The molecule has 86 valence electrons. The van der Waals surface area contributed by atoms with E-state index in [2.05, 4.69) is 5.32 Å². The van der Waals surface area contributed by atoms with Crippen LogP contribution in [0.5, 0.6) is 0 Å². The molecule has 16 heavy (non-hydrogen) atoms. The van der Waals surface area contributed by atoms with Crippen LogP contribution in [0, 0.1) is 6.92 Å². The van der Waals surface area contributed by atoms with E-state index >= 15 is 0 Å². The van der Waals surface area contributed by atoms with Crippen LogP contribution >= 0.6 is 0 Å². The number of anilines is 1. The van der Waals surface area contributed by atoms with Gasteiger partial charge >= 0.3 is 6.18 Å². The first-order valence-electron chi connectivity index (χ1n) is 4.85. The number of hydrogen-bond acceptors (Lipinski definition) is 1. The van der Waals surface area contributed by atoms with E-state index < -0.39 is 24.4 Å². The monoisotopic (exact) mass is 229 g/mol. The topological polar surface area (TPSA) is 29.1 Å². The first-order chi connectivity index (χ1) is 7.38. The van der Waals surface area contributed by atoms with Crippen LogP contribution < -0.4 is 5.32 Å². The van der Waals surface area contributed by atoms with Gasteiger partial charge in [0.25, 0.3) is 0 Å². The van der Waals surface area contributed by atoms with Crippen molar-refractivity contribution in [3.05, 3.63) is 29.3 Å². The molecule has 1 atom stereocenters. The maximum Gasteiger partial charge on any atom is 0.396 e. The molecule has 1 N–H and O–H groups in total. The highest BCUT2D eigenvalue weighted by molar-refractivity contribution is 5.95. The second kappa shape index (κ2) is 3.50. The van der Waals surface area contributed by atoms with Crippen molar-refractivity contribution in [3.8, 4) is 0 Å². The quantitative estimate of drug-likeness (QED) is 0.728. The van der Waals surface area contributed by atoms with Crippen molar-refractivity contribution in [2.75, 3.05) is 5.32 Å². The molecule has 1 heterocycles. The minimum absolute atomic E-state index is 0.151. The molecule has 1 aliphatic rings. The summed E-state index contributed by atoms with van der Waals surface area (Å²) in [4.78, 5) is 11.2. The zero-order chi connectivity index (χ0) is 11.9. The summed E-state index contributed by atoms with van der Waals surface area (Å²) in [5, 5.41) is 2.46. The van der Waals surface area contributed by atoms with Crippen molar-refractivity contribution >= 4 is 11.6 Å². The summed E-state index contributed by atoms with van der Waals surface area (Å²) in [6.45, 7) is 1.77. The van der Waals surface area contributed by atoms with Crippen molar-refractivity contribution in [1.29, 1.82) is 0 Å². The second-order valence-corrected chi connectivity index (χ2v) is 3.94. The number of amides is 1. The maximum atomic E-state index is 12.7. The number of rotatable bonds is 0. The molecule has 1 aromatic rings. The van der Waals surface area contributed by atoms with Crippen LogP contribution in [-0.2, 0) is 4.79 Å². The van der Waals surface area contributed by atoms with E-state index in [0.29, 0.717) is 0 Å². The Morgan fingerprint density at radius 2 is 2.06 bits per heavy atom. The predicted octanol–water partition coefficient (Wildman–Crippen LogP) is 2.98. The van der Waals surface area contributed by atoms with Crippen molar-refractivity contribution in [2.45, 2.75) is 25.4 Å². The third-order valence-corrected chi connectivity index (χ3v) is 2.64. The van der Waals surface area contributed by atoms with E-state index in [1.54, 1.807) is 19.1 Å². The Morgan fingerprint density at radius 1 is 1.38 bits per heavy atom. The summed E-state index contributed by atoms with van der Waals surface area (Å²) in [6.07, 6.45) is -4.90. The molecule has 0 aliphatic carbocycles. The molecule has 2 rings (SSSR count). The molecular weight excluding hydrogens is 219 g/mol. The lowest BCUT2D eigenvalue weighted by molar-refractivity contribution is -0.156. The van der Waals surface area contributed by atoms with Crippen LogP contribution in [0.15, 0.2) is 18.2 Å². The largest absolute Gasteiger partial charge is 0.396 e. The number of hydrogen-bond donors (Lipinski definition) is 1. The van der Waals surface area contributed by atoms with Crippen LogP contribution in [-0.4, -0.2) is 12.1 Å². The first kappa shape index (κ1) is 11.0. The van der Waals surface area contributed by atoms with Crippen molar-refractivity contribution in [3.63, 3.8) is 0 Å². The Morgan fingerprint density at radius 3 is 2.69 bits per heavy atom. The summed E-state index contributed by atoms with van der Waals surface area (Å²) in [5.74, 6) is -2.27. The lowest BCUT2D eigenvalue weighted by Gasteiger charge is -2.27. The molecule has 1 unspecified atom stereocenters. The summed E-state index contributed by atoms with van der Waals surface area (Å²) in [6, 6.07) is 4.61. The summed E-state index contributed by atoms with van der Waals surface area (Å²) in [5.41, 5.74) is 1.25. The van der Waals surface area contributed by atoms with Crippen LogP contribution in [0.1, 0.15) is 23.5 Å². The molecular formula is C11H10F3NO. The Hall–Kier alpha value is -1.52.